The molecule has 0 aliphatic heterocycles. The fourth-order valence-corrected chi connectivity index (χ4v) is 1.65. The summed E-state index contributed by atoms with van der Waals surface area (Å²) >= 11 is 0. The molecule has 0 bridgehead atoms. The third-order valence-corrected chi connectivity index (χ3v) is 2.69. The second-order valence-electron chi connectivity index (χ2n) is 4.66. The van der Waals surface area contributed by atoms with Gasteiger partial charge in [0.1, 0.15) is 0 Å². The minimum Gasteiger partial charge on any atom is -0.407 e. The summed E-state index contributed by atoms with van der Waals surface area (Å²) in [6, 6.07) is 1.39. The molecule has 0 saturated heterocycles. The van der Waals surface area contributed by atoms with Crippen molar-refractivity contribution >= 4 is 6.01 Å². The number of nitrogens with one attached hydrogen (secondary N) is 1. The third-order valence-electron chi connectivity index (χ3n) is 2.69. The summed E-state index contributed by atoms with van der Waals surface area (Å²) < 4.78 is 5.58. The van der Waals surface area contributed by atoms with Crippen molar-refractivity contribution < 1.29 is 9.52 Å². The molecule has 17 heavy (non-hydrogen) atoms. The molecule has 96 valence electrons. The molecule has 1 aliphatic rings. The zero-order valence-corrected chi connectivity index (χ0v) is 10.4. The molecule has 2 N–H and O–H groups in total. The molecule has 0 amide bonds. The minimum absolute atomic E-state index is 0.110. The first-order valence-corrected chi connectivity index (χ1v) is 6.14. The molecule has 1 aromatic heterocycles. The molecular formula is C11H20N4O2. The van der Waals surface area contributed by atoms with Gasteiger partial charge in [0.25, 0.3) is 0 Å². The summed E-state index contributed by atoms with van der Waals surface area (Å²) in [6.07, 6.45) is 2.28. The first-order chi connectivity index (χ1) is 8.20. The lowest BCUT2D eigenvalue weighted by Crippen LogP contribution is -2.29. The molecule has 0 radical (unpaired) electrons. The predicted octanol–water partition coefficient (Wildman–Crippen LogP) is 0.529. The maximum atomic E-state index is 9.01. The summed E-state index contributed by atoms with van der Waals surface area (Å²) in [4.78, 5) is 1.99. The Labute approximate surface area is 101 Å². The van der Waals surface area contributed by atoms with Crippen molar-refractivity contribution in [2.45, 2.75) is 45.3 Å². The van der Waals surface area contributed by atoms with Crippen molar-refractivity contribution in [3.05, 3.63) is 5.89 Å². The van der Waals surface area contributed by atoms with Crippen LogP contribution >= 0.6 is 0 Å². The predicted molar refractivity (Wildman–Crippen MR) is 63.7 cm³/mol. The fourth-order valence-electron chi connectivity index (χ4n) is 1.65. The summed E-state index contributed by atoms with van der Waals surface area (Å²) in [5.74, 6) is 0.595. The minimum atomic E-state index is 0.110. The van der Waals surface area contributed by atoms with Gasteiger partial charge in [0.15, 0.2) is 0 Å². The van der Waals surface area contributed by atoms with E-state index < -0.39 is 0 Å². The molecule has 0 aromatic carbocycles. The molecule has 0 spiro atoms. The van der Waals surface area contributed by atoms with Gasteiger partial charge in [-0.3, -0.25) is 0 Å². The largest absolute Gasteiger partial charge is 0.407 e. The molecule has 0 unspecified atom stereocenters. The van der Waals surface area contributed by atoms with Crippen LogP contribution in [0.1, 0.15) is 32.6 Å². The van der Waals surface area contributed by atoms with Gasteiger partial charge in [-0.1, -0.05) is 18.9 Å². The SMILES string of the molecule is CC(C)NCc1nnc(N(CCO)C2CC2)o1. The molecule has 1 aliphatic carbocycles. The van der Waals surface area contributed by atoms with Crippen LogP contribution in [0, 0.1) is 0 Å². The molecule has 6 heteroatoms. The van der Waals surface area contributed by atoms with Crippen LogP contribution in [-0.4, -0.2) is 40.5 Å². The monoisotopic (exact) mass is 240 g/mol. The fraction of sp³-hybridized carbons (Fsp3) is 0.818. The molecule has 1 heterocycles. The van der Waals surface area contributed by atoms with Crippen LogP contribution in [0.15, 0.2) is 4.42 Å². The van der Waals surface area contributed by atoms with E-state index in [0.717, 1.165) is 12.8 Å². The highest BCUT2D eigenvalue weighted by atomic mass is 16.4. The van der Waals surface area contributed by atoms with Crippen molar-refractivity contribution in [2.75, 3.05) is 18.1 Å². The van der Waals surface area contributed by atoms with Crippen LogP contribution in [0.25, 0.3) is 0 Å². The first-order valence-electron chi connectivity index (χ1n) is 6.14. The number of hydrogen-bond donors (Lipinski definition) is 2. The molecule has 0 atom stereocenters. The van der Waals surface area contributed by atoms with E-state index in [1.54, 1.807) is 0 Å². The number of anilines is 1. The van der Waals surface area contributed by atoms with Gasteiger partial charge >= 0.3 is 6.01 Å². The Hall–Kier alpha value is -1.14. The Morgan fingerprint density at radius 3 is 2.82 bits per heavy atom. The second-order valence-corrected chi connectivity index (χ2v) is 4.66. The lowest BCUT2D eigenvalue weighted by atomic mass is 10.4. The summed E-state index contributed by atoms with van der Waals surface area (Å²) in [5.41, 5.74) is 0. The van der Waals surface area contributed by atoms with Gasteiger partial charge < -0.3 is 19.7 Å². The average Bonchev–Trinajstić information content (AvgIpc) is 3.02. The van der Waals surface area contributed by atoms with Gasteiger partial charge in [-0.15, -0.1) is 5.10 Å². The smallest absolute Gasteiger partial charge is 0.318 e. The van der Waals surface area contributed by atoms with Gasteiger partial charge in [-0.05, 0) is 12.8 Å². The van der Waals surface area contributed by atoms with Gasteiger partial charge in [0.2, 0.25) is 5.89 Å². The lowest BCUT2D eigenvalue weighted by Gasteiger charge is -2.17. The summed E-state index contributed by atoms with van der Waals surface area (Å²) in [5, 5.41) is 20.3. The van der Waals surface area contributed by atoms with Gasteiger partial charge in [0, 0.05) is 18.6 Å². The Balaban J connectivity index is 1.95. The van der Waals surface area contributed by atoms with E-state index in [1.807, 2.05) is 4.90 Å². The zero-order chi connectivity index (χ0) is 12.3. The van der Waals surface area contributed by atoms with Crippen molar-refractivity contribution in [3.63, 3.8) is 0 Å². The second kappa shape index (κ2) is 5.46. The first kappa shape index (κ1) is 12.3. The maximum Gasteiger partial charge on any atom is 0.318 e. The molecule has 1 aromatic rings. The lowest BCUT2D eigenvalue weighted by molar-refractivity contribution is 0.297. The zero-order valence-electron chi connectivity index (χ0n) is 10.4. The van der Waals surface area contributed by atoms with E-state index in [1.165, 1.54) is 0 Å². The van der Waals surface area contributed by atoms with Crippen LogP contribution in [0.5, 0.6) is 0 Å². The number of aliphatic hydroxyl groups excluding tert-OH is 1. The number of hydrogen-bond acceptors (Lipinski definition) is 6. The van der Waals surface area contributed by atoms with Crippen LogP contribution in [-0.2, 0) is 6.54 Å². The van der Waals surface area contributed by atoms with Crippen molar-refractivity contribution in [3.8, 4) is 0 Å². The number of aliphatic hydroxyl groups is 1. The summed E-state index contributed by atoms with van der Waals surface area (Å²) in [7, 11) is 0. The highest BCUT2D eigenvalue weighted by Gasteiger charge is 2.31. The Morgan fingerprint density at radius 2 is 2.24 bits per heavy atom. The molecule has 1 saturated carbocycles. The highest BCUT2D eigenvalue weighted by molar-refractivity contribution is 5.29. The molecule has 1 fully saturated rings. The highest BCUT2D eigenvalue weighted by Crippen LogP contribution is 2.30. The number of nitrogens with zero attached hydrogens (tertiary/aromatic N) is 3. The van der Waals surface area contributed by atoms with Crippen LogP contribution in [0.2, 0.25) is 0 Å². The molecule has 6 nitrogen and oxygen atoms in total. The Morgan fingerprint density at radius 1 is 1.47 bits per heavy atom. The topological polar surface area (TPSA) is 74.4 Å². The van der Waals surface area contributed by atoms with E-state index >= 15 is 0 Å². The van der Waals surface area contributed by atoms with Gasteiger partial charge in [-0.2, -0.15) is 0 Å². The number of aromatic nitrogens is 2. The quantitative estimate of drug-likeness (QED) is 0.724. The van der Waals surface area contributed by atoms with E-state index in [9.17, 15) is 0 Å². The standard InChI is InChI=1S/C11H20N4O2/c1-8(2)12-7-10-13-14-11(17-10)15(5-6-16)9-3-4-9/h8-9,12,16H,3-7H2,1-2H3. The van der Waals surface area contributed by atoms with Crippen molar-refractivity contribution in [1.82, 2.24) is 15.5 Å². The average molecular weight is 240 g/mol. The third kappa shape index (κ3) is 3.41. The molecule has 2 rings (SSSR count). The normalized spacial score (nSPS) is 15.5. The Kier molecular flexibility index (Phi) is 3.96. The van der Waals surface area contributed by atoms with Crippen molar-refractivity contribution in [2.24, 2.45) is 0 Å². The Bertz CT molecular complexity index is 349. The van der Waals surface area contributed by atoms with Gasteiger partial charge in [-0.25, -0.2) is 0 Å². The summed E-state index contributed by atoms with van der Waals surface area (Å²) in [6.45, 7) is 5.39. The maximum absolute atomic E-state index is 9.01. The van der Waals surface area contributed by atoms with E-state index in [4.69, 9.17) is 9.52 Å². The van der Waals surface area contributed by atoms with Crippen molar-refractivity contribution in [1.29, 1.82) is 0 Å². The number of rotatable bonds is 7. The van der Waals surface area contributed by atoms with Crippen LogP contribution in [0.4, 0.5) is 6.01 Å². The van der Waals surface area contributed by atoms with Crippen LogP contribution < -0.4 is 10.2 Å². The van der Waals surface area contributed by atoms with Gasteiger partial charge in [0.05, 0.1) is 13.2 Å². The van der Waals surface area contributed by atoms with E-state index in [-0.39, 0.29) is 6.61 Å². The van der Waals surface area contributed by atoms with Crippen LogP contribution in [0.3, 0.4) is 0 Å². The van der Waals surface area contributed by atoms with E-state index in [0.29, 0.717) is 37.1 Å². The molecular weight excluding hydrogens is 220 g/mol. The van der Waals surface area contributed by atoms with E-state index in [2.05, 4.69) is 29.4 Å².